The van der Waals surface area contributed by atoms with Crippen molar-refractivity contribution in [2.75, 3.05) is 19.8 Å². The standard InChI is InChI=1S/C24H32ClNO3/c1-3-28-20-8-18-5-6-26(14-19(18)9-21(20)29-4-2)22(27)23-10-16-7-17(11-23)13-24(25,12-16)15-23/h8-9,16-17H,3-7,10-15H2,1-2H3. The molecule has 0 N–H and O–H groups in total. The molecular formula is C24H32ClNO3. The molecule has 6 rings (SSSR count). The van der Waals surface area contributed by atoms with Gasteiger partial charge in [-0.25, -0.2) is 0 Å². The van der Waals surface area contributed by atoms with E-state index in [1.54, 1.807) is 0 Å². The topological polar surface area (TPSA) is 38.8 Å². The van der Waals surface area contributed by atoms with Crippen molar-refractivity contribution in [1.29, 1.82) is 0 Å². The monoisotopic (exact) mass is 417 g/mol. The van der Waals surface area contributed by atoms with E-state index in [2.05, 4.69) is 17.0 Å². The molecule has 0 saturated heterocycles. The lowest BCUT2D eigenvalue weighted by atomic mass is 9.49. The summed E-state index contributed by atoms with van der Waals surface area (Å²) in [6.07, 6.45) is 7.36. The summed E-state index contributed by atoms with van der Waals surface area (Å²) in [4.78, 5) is 15.8. The summed E-state index contributed by atoms with van der Waals surface area (Å²) in [5.41, 5.74) is 2.26. The van der Waals surface area contributed by atoms with Crippen LogP contribution in [0.4, 0.5) is 0 Å². The fraction of sp³-hybridized carbons (Fsp3) is 0.708. The first-order chi connectivity index (χ1) is 13.9. The lowest BCUT2D eigenvalue weighted by molar-refractivity contribution is -0.157. The molecule has 29 heavy (non-hydrogen) atoms. The summed E-state index contributed by atoms with van der Waals surface area (Å²) in [6, 6.07) is 4.20. The Labute approximate surface area is 178 Å². The van der Waals surface area contributed by atoms with Crippen molar-refractivity contribution >= 4 is 17.5 Å². The van der Waals surface area contributed by atoms with Gasteiger partial charge in [0, 0.05) is 18.0 Å². The molecule has 1 aromatic carbocycles. The van der Waals surface area contributed by atoms with Crippen molar-refractivity contribution in [3.8, 4) is 11.5 Å². The van der Waals surface area contributed by atoms with E-state index in [1.807, 2.05) is 13.8 Å². The average molecular weight is 418 g/mol. The van der Waals surface area contributed by atoms with Crippen molar-refractivity contribution in [1.82, 2.24) is 4.90 Å². The molecule has 5 aliphatic rings. The Balaban J connectivity index is 1.39. The smallest absolute Gasteiger partial charge is 0.229 e. The van der Waals surface area contributed by atoms with Crippen LogP contribution >= 0.6 is 11.6 Å². The van der Waals surface area contributed by atoms with Crippen LogP contribution in [-0.2, 0) is 17.8 Å². The van der Waals surface area contributed by atoms with Crippen LogP contribution in [0.15, 0.2) is 12.1 Å². The number of amides is 1. The number of alkyl halides is 1. The number of nitrogens with zero attached hydrogens (tertiary/aromatic N) is 1. The Morgan fingerprint density at radius 2 is 1.69 bits per heavy atom. The van der Waals surface area contributed by atoms with Crippen molar-refractivity contribution < 1.29 is 14.3 Å². The van der Waals surface area contributed by atoms with E-state index in [0.717, 1.165) is 56.6 Å². The molecule has 0 aromatic heterocycles. The summed E-state index contributed by atoms with van der Waals surface area (Å²) in [6.45, 7) is 6.66. The number of hydrogen-bond acceptors (Lipinski definition) is 3. The number of benzene rings is 1. The Hall–Kier alpha value is -1.42. The van der Waals surface area contributed by atoms with E-state index < -0.39 is 0 Å². The minimum absolute atomic E-state index is 0.123. The van der Waals surface area contributed by atoms with Crippen LogP contribution in [0.2, 0.25) is 0 Å². The van der Waals surface area contributed by atoms with Crippen LogP contribution in [0.1, 0.15) is 63.5 Å². The number of halogens is 1. The van der Waals surface area contributed by atoms with Gasteiger partial charge in [0.2, 0.25) is 5.91 Å². The first kappa shape index (κ1) is 19.5. The zero-order chi connectivity index (χ0) is 20.2. The minimum atomic E-state index is -0.211. The van der Waals surface area contributed by atoms with Crippen LogP contribution in [0, 0.1) is 17.3 Å². The normalized spacial score (nSPS) is 34.8. The first-order valence-corrected chi connectivity index (χ1v) is 11.7. The minimum Gasteiger partial charge on any atom is -0.490 e. The zero-order valence-corrected chi connectivity index (χ0v) is 18.4. The van der Waals surface area contributed by atoms with E-state index in [1.165, 1.54) is 17.5 Å². The number of ether oxygens (including phenoxy) is 2. The van der Waals surface area contributed by atoms with Crippen LogP contribution in [-0.4, -0.2) is 35.4 Å². The predicted octanol–water partition coefficient (Wildman–Crippen LogP) is 4.95. The quantitative estimate of drug-likeness (QED) is 0.636. The maximum Gasteiger partial charge on any atom is 0.229 e. The second-order valence-electron chi connectivity index (χ2n) is 9.80. The number of hydrogen-bond donors (Lipinski definition) is 0. The fourth-order valence-electron chi connectivity index (χ4n) is 7.01. The molecule has 1 aromatic rings. The third-order valence-corrected chi connectivity index (χ3v) is 8.05. The summed E-state index contributed by atoms with van der Waals surface area (Å²) >= 11 is 6.99. The van der Waals surface area contributed by atoms with Crippen LogP contribution in [0.3, 0.4) is 0 Å². The SMILES string of the molecule is CCOc1cc2c(cc1OCC)CN(C(=O)C13CC4CC(CC(Cl)(C4)C1)C3)CC2. The number of carbonyl (C=O) groups is 1. The fourth-order valence-corrected chi connectivity index (χ4v) is 7.70. The molecule has 1 heterocycles. The van der Waals surface area contributed by atoms with E-state index in [-0.39, 0.29) is 10.3 Å². The zero-order valence-electron chi connectivity index (χ0n) is 17.6. The van der Waals surface area contributed by atoms with Gasteiger partial charge in [0.25, 0.3) is 0 Å². The Morgan fingerprint density at radius 3 is 2.28 bits per heavy atom. The number of rotatable bonds is 5. The van der Waals surface area contributed by atoms with Gasteiger partial charge in [0.15, 0.2) is 11.5 Å². The Bertz CT molecular complexity index is 809. The number of fused-ring (bicyclic) bond motifs is 1. The molecule has 2 atom stereocenters. The molecule has 4 fully saturated rings. The van der Waals surface area contributed by atoms with Crippen LogP contribution < -0.4 is 9.47 Å². The van der Waals surface area contributed by atoms with Crippen molar-refractivity contribution in [2.24, 2.45) is 17.3 Å². The van der Waals surface area contributed by atoms with Gasteiger partial charge >= 0.3 is 0 Å². The Morgan fingerprint density at radius 1 is 1.07 bits per heavy atom. The van der Waals surface area contributed by atoms with Crippen molar-refractivity contribution in [3.05, 3.63) is 23.3 Å². The second-order valence-corrected chi connectivity index (χ2v) is 10.6. The summed E-state index contributed by atoms with van der Waals surface area (Å²) in [5.74, 6) is 3.25. The maximum absolute atomic E-state index is 13.8. The van der Waals surface area contributed by atoms with Gasteiger partial charge in [-0.05, 0) is 93.9 Å². The summed E-state index contributed by atoms with van der Waals surface area (Å²) < 4.78 is 11.6. The van der Waals surface area contributed by atoms with Crippen LogP contribution in [0.5, 0.6) is 11.5 Å². The lowest BCUT2D eigenvalue weighted by Gasteiger charge is -2.60. The first-order valence-electron chi connectivity index (χ1n) is 11.3. The molecule has 0 spiro atoms. The molecule has 1 aliphatic heterocycles. The van der Waals surface area contributed by atoms with E-state index >= 15 is 0 Å². The molecule has 0 radical (unpaired) electrons. The van der Waals surface area contributed by atoms with E-state index in [0.29, 0.717) is 37.5 Å². The second kappa shape index (κ2) is 7.08. The molecule has 4 aliphatic carbocycles. The summed E-state index contributed by atoms with van der Waals surface area (Å²) in [7, 11) is 0. The highest BCUT2D eigenvalue weighted by Crippen LogP contribution is 2.64. The molecule has 4 bridgehead atoms. The predicted molar refractivity (Wildman–Crippen MR) is 114 cm³/mol. The summed E-state index contributed by atoms with van der Waals surface area (Å²) in [5, 5.41) is 0. The van der Waals surface area contributed by atoms with E-state index in [4.69, 9.17) is 21.1 Å². The molecule has 4 nitrogen and oxygen atoms in total. The van der Waals surface area contributed by atoms with Gasteiger partial charge in [0.05, 0.1) is 18.6 Å². The van der Waals surface area contributed by atoms with E-state index in [9.17, 15) is 4.79 Å². The van der Waals surface area contributed by atoms with Crippen molar-refractivity contribution in [2.45, 2.75) is 70.2 Å². The van der Waals surface area contributed by atoms with Crippen molar-refractivity contribution in [3.63, 3.8) is 0 Å². The highest BCUT2D eigenvalue weighted by molar-refractivity contribution is 6.24. The molecule has 5 heteroatoms. The van der Waals surface area contributed by atoms with Gasteiger partial charge in [-0.1, -0.05) is 0 Å². The third-order valence-electron chi connectivity index (χ3n) is 7.61. The molecule has 4 saturated carbocycles. The van der Waals surface area contributed by atoms with Gasteiger partial charge in [-0.2, -0.15) is 0 Å². The average Bonchev–Trinajstić information content (AvgIpc) is 2.66. The van der Waals surface area contributed by atoms with Gasteiger partial charge in [-0.3, -0.25) is 4.79 Å². The molecule has 1 amide bonds. The molecule has 2 unspecified atom stereocenters. The third kappa shape index (κ3) is 3.32. The van der Waals surface area contributed by atoms with Gasteiger partial charge in [0.1, 0.15) is 0 Å². The van der Waals surface area contributed by atoms with Crippen LogP contribution in [0.25, 0.3) is 0 Å². The number of carbonyl (C=O) groups excluding carboxylic acids is 1. The largest absolute Gasteiger partial charge is 0.490 e. The molecule has 158 valence electrons. The Kier molecular flexibility index (Phi) is 4.77. The highest BCUT2D eigenvalue weighted by atomic mass is 35.5. The highest BCUT2D eigenvalue weighted by Gasteiger charge is 2.60. The maximum atomic E-state index is 13.8. The lowest BCUT2D eigenvalue weighted by Crippen LogP contribution is -2.59. The van der Waals surface area contributed by atoms with Gasteiger partial charge in [-0.15, -0.1) is 11.6 Å². The molecular weight excluding hydrogens is 386 g/mol. The van der Waals surface area contributed by atoms with Gasteiger partial charge < -0.3 is 14.4 Å².